The van der Waals surface area contributed by atoms with Crippen LogP contribution in [-0.4, -0.2) is 75.2 Å². The quantitative estimate of drug-likeness (QED) is 0.781. The number of nitrogens with zero attached hydrogens (tertiary/aromatic N) is 2. The highest BCUT2D eigenvalue weighted by molar-refractivity contribution is 7.89. The minimum absolute atomic E-state index is 0.119. The molecule has 0 unspecified atom stereocenters. The van der Waals surface area contributed by atoms with Crippen molar-refractivity contribution in [1.82, 2.24) is 14.5 Å². The van der Waals surface area contributed by atoms with Crippen LogP contribution < -0.4 is 10.1 Å². The van der Waals surface area contributed by atoms with E-state index in [2.05, 4.69) is 10.2 Å². The standard InChI is InChI=1S/C18H25N3O4S/c1-2-26(23,24)21-11-9-20(10-12-21)8-7-19-18(22)16-13-15-5-3-4-6-17(15)25-14-16/h3-6,13H,2,7-12,14H2,1H3,(H,19,22). The molecule has 1 amide bonds. The topological polar surface area (TPSA) is 79.0 Å². The number of benzene rings is 1. The number of fused-ring (bicyclic) bond motifs is 1. The molecule has 1 aromatic carbocycles. The van der Waals surface area contributed by atoms with Crippen LogP contribution in [0.4, 0.5) is 0 Å². The van der Waals surface area contributed by atoms with Crippen molar-refractivity contribution >= 4 is 22.0 Å². The van der Waals surface area contributed by atoms with Crippen molar-refractivity contribution in [2.75, 3.05) is 51.6 Å². The average Bonchev–Trinajstić information content (AvgIpc) is 2.68. The van der Waals surface area contributed by atoms with Gasteiger partial charge in [-0.25, -0.2) is 8.42 Å². The van der Waals surface area contributed by atoms with Gasteiger partial charge in [0, 0.05) is 44.8 Å². The molecule has 8 heteroatoms. The summed E-state index contributed by atoms with van der Waals surface area (Å²) in [6.45, 7) is 5.58. The Morgan fingerprint density at radius 1 is 1.19 bits per heavy atom. The summed E-state index contributed by atoms with van der Waals surface area (Å²) in [4.78, 5) is 14.5. The van der Waals surface area contributed by atoms with Gasteiger partial charge in [-0.3, -0.25) is 9.69 Å². The molecule has 0 aliphatic carbocycles. The van der Waals surface area contributed by atoms with Gasteiger partial charge in [0.1, 0.15) is 12.4 Å². The van der Waals surface area contributed by atoms with E-state index in [1.165, 1.54) is 0 Å². The van der Waals surface area contributed by atoms with Gasteiger partial charge in [-0.15, -0.1) is 0 Å². The van der Waals surface area contributed by atoms with Crippen LogP contribution in [0.25, 0.3) is 6.08 Å². The van der Waals surface area contributed by atoms with E-state index >= 15 is 0 Å². The molecule has 0 bridgehead atoms. The Morgan fingerprint density at radius 3 is 2.65 bits per heavy atom. The van der Waals surface area contributed by atoms with Crippen LogP contribution in [0, 0.1) is 0 Å². The van der Waals surface area contributed by atoms with Gasteiger partial charge in [-0.05, 0) is 19.1 Å². The fourth-order valence-corrected chi connectivity index (χ4v) is 4.19. The van der Waals surface area contributed by atoms with Gasteiger partial charge in [0.15, 0.2) is 0 Å². The van der Waals surface area contributed by atoms with Gasteiger partial charge in [-0.1, -0.05) is 18.2 Å². The number of carbonyl (C=O) groups is 1. The van der Waals surface area contributed by atoms with E-state index in [-0.39, 0.29) is 18.3 Å². The molecule has 1 N–H and O–H groups in total. The second-order valence-electron chi connectivity index (χ2n) is 6.39. The van der Waals surface area contributed by atoms with Crippen LogP contribution >= 0.6 is 0 Å². The Kier molecular flexibility index (Phi) is 5.95. The third kappa shape index (κ3) is 4.44. The first kappa shape index (κ1) is 18.9. The molecule has 1 aromatic rings. The van der Waals surface area contributed by atoms with Crippen molar-refractivity contribution in [3.8, 4) is 5.75 Å². The first-order chi connectivity index (χ1) is 12.5. The summed E-state index contributed by atoms with van der Waals surface area (Å²) in [5.74, 6) is 0.819. The van der Waals surface area contributed by atoms with Crippen LogP contribution in [0.15, 0.2) is 29.8 Å². The largest absolute Gasteiger partial charge is 0.488 e. The van der Waals surface area contributed by atoms with Crippen LogP contribution in [-0.2, 0) is 14.8 Å². The van der Waals surface area contributed by atoms with E-state index in [1.807, 2.05) is 30.3 Å². The molecule has 142 valence electrons. The Balaban J connectivity index is 1.43. The lowest BCUT2D eigenvalue weighted by atomic mass is 10.1. The fourth-order valence-electron chi connectivity index (χ4n) is 3.10. The van der Waals surface area contributed by atoms with Gasteiger partial charge in [-0.2, -0.15) is 4.31 Å². The lowest BCUT2D eigenvalue weighted by Crippen LogP contribution is -2.50. The number of sulfonamides is 1. The van der Waals surface area contributed by atoms with Crippen molar-refractivity contribution in [3.63, 3.8) is 0 Å². The predicted octanol–water partition coefficient (Wildman–Crippen LogP) is 0.546. The second-order valence-corrected chi connectivity index (χ2v) is 8.65. The highest BCUT2D eigenvalue weighted by Crippen LogP contribution is 2.25. The Morgan fingerprint density at radius 2 is 1.92 bits per heavy atom. The lowest BCUT2D eigenvalue weighted by Gasteiger charge is -2.33. The summed E-state index contributed by atoms with van der Waals surface area (Å²) in [6.07, 6.45) is 1.86. The van der Waals surface area contributed by atoms with Crippen LogP contribution in [0.2, 0.25) is 0 Å². The summed E-state index contributed by atoms with van der Waals surface area (Å²) >= 11 is 0. The second kappa shape index (κ2) is 8.20. The zero-order valence-corrected chi connectivity index (χ0v) is 15.8. The highest BCUT2D eigenvalue weighted by atomic mass is 32.2. The SMILES string of the molecule is CCS(=O)(=O)N1CCN(CCNC(=O)C2=Cc3ccccc3OC2)CC1. The van der Waals surface area contributed by atoms with E-state index in [0.717, 1.165) is 11.3 Å². The monoisotopic (exact) mass is 379 g/mol. The molecule has 1 saturated heterocycles. The lowest BCUT2D eigenvalue weighted by molar-refractivity contribution is -0.117. The number of rotatable bonds is 6. The van der Waals surface area contributed by atoms with E-state index < -0.39 is 10.0 Å². The van der Waals surface area contributed by atoms with Gasteiger partial charge >= 0.3 is 0 Å². The molecular formula is C18H25N3O4S. The summed E-state index contributed by atoms with van der Waals surface area (Å²) in [5, 5.41) is 2.92. The molecule has 7 nitrogen and oxygen atoms in total. The molecule has 1 fully saturated rings. The molecule has 3 rings (SSSR count). The minimum atomic E-state index is -3.10. The fraction of sp³-hybridized carbons (Fsp3) is 0.500. The van der Waals surface area contributed by atoms with Crippen molar-refractivity contribution in [2.24, 2.45) is 0 Å². The minimum Gasteiger partial charge on any atom is -0.488 e. The number of amides is 1. The molecule has 0 saturated carbocycles. The number of ether oxygens (including phenoxy) is 1. The molecule has 26 heavy (non-hydrogen) atoms. The first-order valence-corrected chi connectivity index (χ1v) is 10.5. The number of hydrogen-bond donors (Lipinski definition) is 1. The summed E-state index contributed by atoms with van der Waals surface area (Å²) in [6, 6.07) is 7.63. The first-order valence-electron chi connectivity index (χ1n) is 8.90. The van der Waals surface area contributed by atoms with Crippen LogP contribution in [0.1, 0.15) is 12.5 Å². The van der Waals surface area contributed by atoms with Gasteiger partial charge in [0.25, 0.3) is 5.91 Å². The summed E-state index contributed by atoms with van der Waals surface area (Å²) in [5.41, 5.74) is 1.53. The van der Waals surface area contributed by atoms with E-state index in [0.29, 0.717) is 44.8 Å². The van der Waals surface area contributed by atoms with Gasteiger partial charge in [0.05, 0.1) is 11.3 Å². The number of para-hydroxylation sites is 1. The average molecular weight is 379 g/mol. The van der Waals surface area contributed by atoms with E-state index in [4.69, 9.17) is 4.74 Å². The zero-order valence-electron chi connectivity index (χ0n) is 15.0. The number of hydrogen-bond acceptors (Lipinski definition) is 5. The Labute approximate surface area is 154 Å². The number of piperazine rings is 1. The maximum absolute atomic E-state index is 12.3. The highest BCUT2D eigenvalue weighted by Gasteiger charge is 2.25. The van der Waals surface area contributed by atoms with Crippen molar-refractivity contribution < 1.29 is 17.9 Å². The third-order valence-electron chi connectivity index (χ3n) is 4.73. The molecule has 0 atom stereocenters. The normalized spacial score (nSPS) is 18.6. The van der Waals surface area contributed by atoms with Crippen molar-refractivity contribution in [1.29, 1.82) is 0 Å². The zero-order chi connectivity index (χ0) is 18.6. The molecule has 2 heterocycles. The molecule has 0 spiro atoms. The van der Waals surface area contributed by atoms with Gasteiger partial charge < -0.3 is 10.1 Å². The Hall–Kier alpha value is -1.90. The maximum atomic E-state index is 12.3. The number of nitrogens with one attached hydrogen (secondary N) is 1. The van der Waals surface area contributed by atoms with Crippen LogP contribution in [0.3, 0.4) is 0 Å². The predicted molar refractivity (Wildman–Crippen MR) is 100 cm³/mol. The summed E-state index contributed by atoms with van der Waals surface area (Å²) < 4.78 is 30.9. The molecule has 2 aliphatic rings. The Bertz CT molecular complexity index is 783. The smallest absolute Gasteiger partial charge is 0.250 e. The summed E-state index contributed by atoms with van der Waals surface area (Å²) in [7, 11) is -3.10. The molecule has 2 aliphatic heterocycles. The number of carbonyl (C=O) groups excluding carboxylic acids is 1. The third-order valence-corrected chi connectivity index (χ3v) is 6.61. The van der Waals surface area contributed by atoms with Crippen molar-refractivity contribution in [3.05, 3.63) is 35.4 Å². The molecule has 0 aromatic heterocycles. The van der Waals surface area contributed by atoms with E-state index in [1.54, 1.807) is 11.2 Å². The molecule has 0 radical (unpaired) electrons. The van der Waals surface area contributed by atoms with Crippen molar-refractivity contribution in [2.45, 2.75) is 6.92 Å². The van der Waals surface area contributed by atoms with E-state index in [9.17, 15) is 13.2 Å². The maximum Gasteiger partial charge on any atom is 0.250 e. The molecular weight excluding hydrogens is 354 g/mol. The van der Waals surface area contributed by atoms with Gasteiger partial charge in [0.2, 0.25) is 10.0 Å². The van der Waals surface area contributed by atoms with Crippen LogP contribution in [0.5, 0.6) is 5.75 Å².